The maximum Gasteiger partial charge on any atom is 0.407 e. The number of carboxylic acid groups (broad SMARTS) is 1. The van der Waals surface area contributed by atoms with Crippen LogP contribution >= 0.6 is 0 Å². The molecule has 3 aliphatic rings. The minimum atomic E-state index is -0.817. The van der Waals surface area contributed by atoms with E-state index in [0.29, 0.717) is 6.54 Å². The molecule has 0 radical (unpaired) electrons. The monoisotopic (exact) mass is 462 g/mol. The minimum Gasteiger partial charge on any atom is -0.481 e. The van der Waals surface area contributed by atoms with Crippen molar-refractivity contribution in [3.63, 3.8) is 0 Å². The molecule has 2 aromatic carbocycles. The van der Waals surface area contributed by atoms with E-state index in [1.807, 2.05) is 24.3 Å². The van der Waals surface area contributed by atoms with E-state index in [1.165, 1.54) is 22.3 Å². The zero-order valence-electron chi connectivity index (χ0n) is 19.0. The van der Waals surface area contributed by atoms with Crippen LogP contribution in [0.25, 0.3) is 11.1 Å². The summed E-state index contributed by atoms with van der Waals surface area (Å²) in [5.41, 5.74) is 4.71. The number of carboxylic acids is 1. The number of hydrogen-bond donors (Lipinski definition) is 3. The van der Waals surface area contributed by atoms with Gasteiger partial charge in [-0.3, -0.25) is 9.59 Å². The van der Waals surface area contributed by atoms with Crippen molar-refractivity contribution in [2.24, 2.45) is 17.8 Å². The van der Waals surface area contributed by atoms with E-state index in [0.717, 1.165) is 25.7 Å². The van der Waals surface area contributed by atoms with Crippen LogP contribution in [0.2, 0.25) is 0 Å². The summed E-state index contributed by atoms with van der Waals surface area (Å²) >= 11 is 0. The van der Waals surface area contributed by atoms with Gasteiger partial charge in [0, 0.05) is 24.4 Å². The smallest absolute Gasteiger partial charge is 0.407 e. The molecule has 5 rings (SSSR count). The molecule has 2 aromatic rings. The van der Waals surface area contributed by atoms with Gasteiger partial charge in [-0.25, -0.2) is 4.79 Å². The summed E-state index contributed by atoms with van der Waals surface area (Å²) in [4.78, 5) is 36.0. The second-order valence-electron chi connectivity index (χ2n) is 9.71. The first-order valence-electron chi connectivity index (χ1n) is 12.1. The summed E-state index contributed by atoms with van der Waals surface area (Å²) in [6.45, 7) is 0.666. The molecule has 3 aliphatic carbocycles. The normalized spacial score (nSPS) is 24.7. The fourth-order valence-electron chi connectivity index (χ4n) is 5.64. The van der Waals surface area contributed by atoms with Crippen LogP contribution < -0.4 is 10.6 Å². The SMILES string of the molecule is O=C(O)CC1CCCC1NC(=O)C1CC1CNC(=O)OCC1c2ccccc2-c2ccccc21. The molecule has 0 aliphatic heterocycles. The summed E-state index contributed by atoms with van der Waals surface area (Å²) in [7, 11) is 0. The van der Waals surface area contributed by atoms with E-state index in [9.17, 15) is 14.4 Å². The molecule has 2 amide bonds. The van der Waals surface area contributed by atoms with Gasteiger partial charge >= 0.3 is 12.1 Å². The molecular formula is C27H30N2O5. The fourth-order valence-corrected chi connectivity index (χ4v) is 5.64. The predicted octanol–water partition coefficient (Wildman–Crippen LogP) is 3.92. The van der Waals surface area contributed by atoms with E-state index in [2.05, 4.69) is 34.9 Å². The highest BCUT2D eigenvalue weighted by Crippen LogP contribution is 2.44. The van der Waals surface area contributed by atoms with E-state index < -0.39 is 12.1 Å². The van der Waals surface area contributed by atoms with Crippen LogP contribution in [0, 0.1) is 17.8 Å². The third-order valence-electron chi connectivity index (χ3n) is 7.54. The van der Waals surface area contributed by atoms with Crippen LogP contribution in [-0.4, -0.2) is 42.3 Å². The number of carbonyl (C=O) groups excluding carboxylic acids is 2. The summed E-state index contributed by atoms with van der Waals surface area (Å²) in [5, 5.41) is 14.9. The van der Waals surface area contributed by atoms with Crippen LogP contribution in [0.15, 0.2) is 48.5 Å². The van der Waals surface area contributed by atoms with Crippen LogP contribution in [0.4, 0.5) is 4.79 Å². The van der Waals surface area contributed by atoms with E-state index in [4.69, 9.17) is 9.84 Å². The molecule has 0 spiro atoms. The Labute approximate surface area is 198 Å². The first-order valence-corrected chi connectivity index (χ1v) is 12.1. The van der Waals surface area contributed by atoms with Crippen molar-refractivity contribution in [1.29, 1.82) is 0 Å². The topological polar surface area (TPSA) is 105 Å². The number of nitrogens with one attached hydrogen (secondary N) is 2. The number of rotatable bonds is 8. The van der Waals surface area contributed by atoms with Gasteiger partial charge in [-0.1, -0.05) is 55.0 Å². The highest BCUT2D eigenvalue weighted by Gasteiger charge is 2.44. The summed E-state index contributed by atoms with van der Waals surface area (Å²) in [6.07, 6.45) is 2.98. The molecule has 3 N–H and O–H groups in total. The first-order chi connectivity index (χ1) is 16.5. The Morgan fingerprint density at radius 3 is 2.29 bits per heavy atom. The van der Waals surface area contributed by atoms with Crippen LogP contribution in [0.3, 0.4) is 0 Å². The Morgan fingerprint density at radius 2 is 1.62 bits per heavy atom. The lowest BCUT2D eigenvalue weighted by molar-refractivity contribution is -0.138. The van der Waals surface area contributed by atoms with Gasteiger partial charge < -0.3 is 20.5 Å². The zero-order valence-corrected chi connectivity index (χ0v) is 19.0. The van der Waals surface area contributed by atoms with E-state index in [1.54, 1.807) is 0 Å². The van der Waals surface area contributed by atoms with Crippen LogP contribution in [0.1, 0.15) is 49.1 Å². The number of hydrogen-bond acceptors (Lipinski definition) is 4. The number of ether oxygens (including phenoxy) is 1. The van der Waals surface area contributed by atoms with Crippen LogP contribution in [0.5, 0.6) is 0 Å². The fraction of sp³-hybridized carbons (Fsp3) is 0.444. The molecule has 4 unspecified atom stereocenters. The number of aliphatic carboxylic acids is 1. The number of fused-ring (bicyclic) bond motifs is 3. The Balaban J connectivity index is 1.08. The molecule has 0 bridgehead atoms. The van der Waals surface area contributed by atoms with Crippen molar-refractivity contribution in [3.8, 4) is 11.1 Å². The Hall–Kier alpha value is -3.35. The lowest BCUT2D eigenvalue weighted by atomic mass is 9.98. The highest BCUT2D eigenvalue weighted by molar-refractivity contribution is 5.82. The first kappa shape index (κ1) is 22.4. The number of carbonyl (C=O) groups is 3. The van der Waals surface area contributed by atoms with Gasteiger partial charge in [0.25, 0.3) is 0 Å². The maximum atomic E-state index is 12.6. The lowest BCUT2D eigenvalue weighted by Crippen LogP contribution is -2.39. The van der Waals surface area contributed by atoms with Gasteiger partial charge in [-0.2, -0.15) is 0 Å². The van der Waals surface area contributed by atoms with Gasteiger partial charge in [0.05, 0.1) is 6.42 Å². The largest absolute Gasteiger partial charge is 0.481 e. The third-order valence-corrected chi connectivity index (χ3v) is 7.54. The quantitative estimate of drug-likeness (QED) is 0.552. The molecule has 0 aromatic heterocycles. The standard InChI is InChI=1S/C27H30N2O5/c30-25(31)13-16-6-5-11-24(16)29-26(32)22-12-17(22)14-28-27(33)34-15-23-20-9-3-1-7-18(20)19-8-2-4-10-21(19)23/h1-4,7-10,16-17,22-24H,5-6,11-15H2,(H,28,33)(H,29,32)(H,30,31). The Morgan fingerprint density at radius 1 is 0.941 bits per heavy atom. The third kappa shape index (κ3) is 4.65. The van der Waals surface area contributed by atoms with Crippen molar-refractivity contribution in [2.75, 3.05) is 13.2 Å². The van der Waals surface area contributed by atoms with Gasteiger partial charge in [0.1, 0.15) is 6.61 Å². The zero-order chi connectivity index (χ0) is 23.7. The van der Waals surface area contributed by atoms with E-state index in [-0.39, 0.29) is 48.6 Å². The molecule has 0 heterocycles. The summed E-state index contributed by atoms with van der Waals surface area (Å²) < 4.78 is 5.57. The summed E-state index contributed by atoms with van der Waals surface area (Å²) in [6, 6.07) is 16.4. The van der Waals surface area contributed by atoms with Gasteiger partial charge in [0.2, 0.25) is 5.91 Å². The molecule has 2 fully saturated rings. The van der Waals surface area contributed by atoms with Crippen molar-refractivity contribution < 1.29 is 24.2 Å². The molecule has 4 atom stereocenters. The van der Waals surface area contributed by atoms with Crippen molar-refractivity contribution in [1.82, 2.24) is 10.6 Å². The molecule has 178 valence electrons. The Bertz CT molecular complexity index is 1050. The van der Waals surface area contributed by atoms with Crippen molar-refractivity contribution >= 4 is 18.0 Å². The second-order valence-corrected chi connectivity index (χ2v) is 9.71. The average molecular weight is 463 g/mol. The summed E-state index contributed by atoms with van der Waals surface area (Å²) in [5.74, 6) is -0.843. The number of benzene rings is 2. The van der Waals surface area contributed by atoms with Gasteiger partial charge in [0.15, 0.2) is 0 Å². The molecule has 2 saturated carbocycles. The lowest BCUT2D eigenvalue weighted by Gasteiger charge is -2.19. The molecule has 7 nitrogen and oxygen atoms in total. The van der Waals surface area contributed by atoms with Gasteiger partial charge in [-0.05, 0) is 53.4 Å². The molecular weight excluding hydrogens is 432 g/mol. The highest BCUT2D eigenvalue weighted by atomic mass is 16.5. The van der Waals surface area contributed by atoms with Crippen molar-refractivity contribution in [3.05, 3.63) is 59.7 Å². The van der Waals surface area contributed by atoms with Crippen LogP contribution in [-0.2, 0) is 14.3 Å². The van der Waals surface area contributed by atoms with E-state index >= 15 is 0 Å². The second kappa shape index (κ2) is 9.49. The predicted molar refractivity (Wildman–Crippen MR) is 126 cm³/mol. The molecule has 0 saturated heterocycles. The Kier molecular flexibility index (Phi) is 6.26. The molecule has 7 heteroatoms. The maximum absolute atomic E-state index is 12.6. The number of amides is 2. The minimum absolute atomic E-state index is 0.0117. The van der Waals surface area contributed by atoms with Gasteiger partial charge in [-0.15, -0.1) is 0 Å². The average Bonchev–Trinajstić information content (AvgIpc) is 3.39. The molecule has 34 heavy (non-hydrogen) atoms. The number of alkyl carbamates (subject to hydrolysis) is 1. The van der Waals surface area contributed by atoms with Crippen molar-refractivity contribution in [2.45, 2.75) is 44.1 Å².